The van der Waals surface area contributed by atoms with Crippen LogP contribution >= 0.6 is 0 Å². The molecule has 1 fully saturated rings. The molecule has 2 rings (SSSR count). The number of hydrogen-bond acceptors (Lipinski definition) is 1. The predicted molar refractivity (Wildman–Crippen MR) is 79.2 cm³/mol. The molecule has 1 unspecified atom stereocenters. The molecule has 0 aromatic heterocycles. The van der Waals surface area contributed by atoms with Crippen molar-refractivity contribution >= 4 is 0 Å². The number of aryl methyl sites for hydroxylation is 1. The molecule has 1 nitrogen and oxygen atoms in total. The van der Waals surface area contributed by atoms with E-state index >= 15 is 0 Å². The fraction of sp³-hybridized carbons (Fsp3) is 0.647. The van der Waals surface area contributed by atoms with Gasteiger partial charge < -0.3 is 5.32 Å². The minimum atomic E-state index is -4.26. The Morgan fingerprint density at radius 3 is 2.19 bits per heavy atom. The molecule has 0 bridgehead atoms. The predicted octanol–water partition coefficient (Wildman–Crippen LogP) is 5.24. The van der Waals surface area contributed by atoms with Gasteiger partial charge in [0.15, 0.2) is 0 Å². The first-order chi connectivity index (χ1) is 9.93. The third kappa shape index (κ3) is 4.00. The van der Waals surface area contributed by atoms with Crippen LogP contribution in [0.3, 0.4) is 0 Å². The highest BCUT2D eigenvalue weighted by Gasteiger charge is 2.31. The van der Waals surface area contributed by atoms with E-state index in [9.17, 15) is 13.2 Å². The molecule has 1 atom stereocenters. The molecule has 1 saturated carbocycles. The van der Waals surface area contributed by atoms with Gasteiger partial charge in [-0.25, -0.2) is 0 Å². The largest absolute Gasteiger partial charge is 0.416 e. The van der Waals surface area contributed by atoms with E-state index in [1.807, 2.05) is 7.05 Å². The normalized spacial score (nSPS) is 19.3. The summed E-state index contributed by atoms with van der Waals surface area (Å²) in [7, 11) is 1.91. The van der Waals surface area contributed by atoms with Gasteiger partial charge in [0.05, 0.1) is 5.56 Å². The van der Waals surface area contributed by atoms with Crippen molar-refractivity contribution in [3.05, 3.63) is 34.9 Å². The van der Waals surface area contributed by atoms with Crippen molar-refractivity contribution in [1.29, 1.82) is 0 Å². The summed E-state index contributed by atoms with van der Waals surface area (Å²) in [6.07, 6.45) is 3.06. The van der Waals surface area contributed by atoms with Gasteiger partial charge in [-0.3, -0.25) is 0 Å². The molecule has 118 valence electrons. The van der Waals surface area contributed by atoms with Crippen molar-refractivity contribution in [2.45, 2.75) is 57.7 Å². The van der Waals surface area contributed by atoms with Gasteiger partial charge in [0.2, 0.25) is 0 Å². The van der Waals surface area contributed by atoms with Gasteiger partial charge in [-0.2, -0.15) is 13.2 Å². The molecule has 0 spiro atoms. The zero-order valence-corrected chi connectivity index (χ0v) is 12.8. The molecule has 1 N–H and O–H groups in total. The Labute approximate surface area is 124 Å². The lowest BCUT2D eigenvalue weighted by Crippen LogP contribution is -2.26. The molecule has 1 aromatic rings. The smallest absolute Gasteiger partial charge is 0.313 e. The van der Waals surface area contributed by atoms with Crippen molar-refractivity contribution in [3.8, 4) is 0 Å². The van der Waals surface area contributed by atoms with Crippen molar-refractivity contribution in [3.63, 3.8) is 0 Å². The van der Waals surface area contributed by atoms with E-state index in [-0.39, 0.29) is 6.04 Å². The molecule has 0 aliphatic heterocycles. The van der Waals surface area contributed by atoms with Crippen LogP contribution in [0.1, 0.15) is 61.3 Å². The maximum Gasteiger partial charge on any atom is 0.416 e. The monoisotopic (exact) mass is 299 g/mol. The Balaban J connectivity index is 2.25. The molecule has 1 aromatic carbocycles. The standard InChI is InChI=1S/C17H24F3N/c1-12-11-14(17(18,19)20)9-10-15(12)16(21-2)13-7-5-3-4-6-8-13/h9-11,13,16,21H,3-8H2,1-2H3. The number of rotatable bonds is 3. The van der Waals surface area contributed by atoms with Crippen molar-refractivity contribution in [2.24, 2.45) is 5.92 Å². The number of hydrogen-bond donors (Lipinski definition) is 1. The van der Waals surface area contributed by atoms with Crippen molar-refractivity contribution in [2.75, 3.05) is 7.05 Å². The molecular weight excluding hydrogens is 275 g/mol. The second kappa shape index (κ2) is 6.82. The Bertz CT molecular complexity index is 460. The highest BCUT2D eigenvalue weighted by molar-refractivity contribution is 5.35. The second-order valence-corrected chi connectivity index (χ2v) is 6.09. The summed E-state index contributed by atoms with van der Waals surface area (Å²) in [6, 6.07) is 4.30. The maximum absolute atomic E-state index is 12.8. The molecule has 21 heavy (non-hydrogen) atoms. The van der Waals surface area contributed by atoms with Gasteiger partial charge in [0.25, 0.3) is 0 Å². The first-order valence-electron chi connectivity index (χ1n) is 7.78. The number of benzene rings is 1. The highest BCUT2D eigenvalue weighted by atomic mass is 19.4. The Morgan fingerprint density at radius 1 is 1.10 bits per heavy atom. The van der Waals surface area contributed by atoms with Crippen LogP contribution in [-0.2, 0) is 6.18 Å². The first kappa shape index (κ1) is 16.3. The van der Waals surface area contributed by atoms with E-state index in [1.165, 1.54) is 37.8 Å². The summed E-state index contributed by atoms with van der Waals surface area (Å²) in [5.74, 6) is 0.521. The molecule has 0 radical (unpaired) electrons. The maximum atomic E-state index is 12.8. The lowest BCUT2D eigenvalue weighted by molar-refractivity contribution is -0.137. The summed E-state index contributed by atoms with van der Waals surface area (Å²) in [5, 5.41) is 3.33. The minimum absolute atomic E-state index is 0.158. The molecule has 0 saturated heterocycles. The van der Waals surface area contributed by atoms with Crippen LogP contribution in [-0.4, -0.2) is 7.05 Å². The van der Waals surface area contributed by atoms with Crippen molar-refractivity contribution in [1.82, 2.24) is 5.32 Å². The summed E-state index contributed by atoms with van der Waals surface area (Å²) in [4.78, 5) is 0. The minimum Gasteiger partial charge on any atom is -0.313 e. The Morgan fingerprint density at radius 2 is 1.71 bits per heavy atom. The van der Waals surface area contributed by atoms with Gasteiger partial charge in [-0.05, 0) is 56.0 Å². The van der Waals surface area contributed by atoms with E-state index in [2.05, 4.69) is 5.32 Å². The van der Waals surface area contributed by atoms with Crippen LogP contribution < -0.4 is 5.32 Å². The van der Waals surface area contributed by atoms with Crippen LogP contribution in [0, 0.1) is 12.8 Å². The van der Waals surface area contributed by atoms with Crippen LogP contribution in [0.15, 0.2) is 18.2 Å². The Kier molecular flexibility index (Phi) is 5.31. The molecule has 4 heteroatoms. The number of nitrogens with one attached hydrogen (secondary N) is 1. The summed E-state index contributed by atoms with van der Waals surface area (Å²) in [6.45, 7) is 1.78. The molecule has 0 amide bonds. The van der Waals surface area contributed by atoms with Gasteiger partial charge in [0, 0.05) is 6.04 Å². The van der Waals surface area contributed by atoms with Crippen LogP contribution in [0.4, 0.5) is 13.2 Å². The number of alkyl halides is 3. The lowest BCUT2D eigenvalue weighted by Gasteiger charge is -2.28. The summed E-state index contributed by atoms with van der Waals surface area (Å²) in [5.41, 5.74) is 1.19. The van der Waals surface area contributed by atoms with Gasteiger partial charge in [-0.1, -0.05) is 31.7 Å². The molecule has 1 aliphatic rings. The van der Waals surface area contributed by atoms with Crippen molar-refractivity contribution < 1.29 is 13.2 Å². The van der Waals surface area contributed by atoms with E-state index in [0.29, 0.717) is 5.92 Å². The molecular formula is C17H24F3N. The SMILES string of the molecule is CNC(c1ccc(C(F)(F)F)cc1C)C1CCCCCC1. The second-order valence-electron chi connectivity index (χ2n) is 6.09. The fourth-order valence-electron chi connectivity index (χ4n) is 3.49. The third-order valence-corrected chi connectivity index (χ3v) is 4.61. The van der Waals surface area contributed by atoms with Crippen LogP contribution in [0.5, 0.6) is 0 Å². The van der Waals surface area contributed by atoms with E-state index < -0.39 is 11.7 Å². The summed E-state index contributed by atoms with van der Waals surface area (Å²) >= 11 is 0. The average Bonchev–Trinajstić information content (AvgIpc) is 2.69. The van der Waals surface area contributed by atoms with E-state index in [1.54, 1.807) is 13.0 Å². The van der Waals surface area contributed by atoms with Crippen LogP contribution in [0.2, 0.25) is 0 Å². The van der Waals surface area contributed by atoms with E-state index in [0.717, 1.165) is 24.0 Å². The van der Waals surface area contributed by atoms with Gasteiger partial charge in [0.1, 0.15) is 0 Å². The van der Waals surface area contributed by atoms with Gasteiger partial charge in [-0.15, -0.1) is 0 Å². The first-order valence-corrected chi connectivity index (χ1v) is 7.78. The molecule has 1 aliphatic carbocycles. The fourth-order valence-corrected chi connectivity index (χ4v) is 3.49. The zero-order chi connectivity index (χ0) is 15.5. The quantitative estimate of drug-likeness (QED) is 0.752. The topological polar surface area (TPSA) is 12.0 Å². The lowest BCUT2D eigenvalue weighted by atomic mass is 9.85. The number of halogens is 3. The Hall–Kier alpha value is -1.03. The molecule has 0 heterocycles. The van der Waals surface area contributed by atoms with Crippen LogP contribution in [0.25, 0.3) is 0 Å². The van der Waals surface area contributed by atoms with Gasteiger partial charge >= 0.3 is 6.18 Å². The highest BCUT2D eigenvalue weighted by Crippen LogP contribution is 2.37. The average molecular weight is 299 g/mol. The third-order valence-electron chi connectivity index (χ3n) is 4.61. The van der Waals surface area contributed by atoms with E-state index in [4.69, 9.17) is 0 Å². The zero-order valence-electron chi connectivity index (χ0n) is 12.8. The summed E-state index contributed by atoms with van der Waals surface area (Å²) < 4.78 is 38.3.